The predicted molar refractivity (Wildman–Crippen MR) is 101 cm³/mol. The molecule has 0 bridgehead atoms. The molecular formula is C21H17N3O. The molecule has 0 fully saturated rings. The van der Waals surface area contributed by atoms with Gasteiger partial charge in [-0.1, -0.05) is 42.0 Å². The van der Waals surface area contributed by atoms with Gasteiger partial charge in [-0.25, -0.2) is 9.97 Å². The number of aromatic nitrogens is 2. The molecule has 4 rings (SSSR count). The molecular weight excluding hydrogens is 310 g/mol. The summed E-state index contributed by atoms with van der Waals surface area (Å²) < 4.78 is 0. The van der Waals surface area contributed by atoms with Crippen LogP contribution in [0.15, 0.2) is 72.8 Å². The highest BCUT2D eigenvalue weighted by Crippen LogP contribution is 2.28. The lowest BCUT2D eigenvalue weighted by Gasteiger charge is -2.11. The van der Waals surface area contributed by atoms with Gasteiger partial charge in [-0.3, -0.25) is 0 Å². The Bertz CT molecular complexity index is 1060. The second-order valence-corrected chi connectivity index (χ2v) is 5.96. The molecule has 0 spiro atoms. The minimum atomic E-state index is 0.210. The zero-order chi connectivity index (χ0) is 17.2. The number of hydrogen-bond acceptors (Lipinski definition) is 4. The number of phenolic OH excluding ortho intramolecular Hbond substituents is 1. The van der Waals surface area contributed by atoms with Crippen molar-refractivity contribution in [3.63, 3.8) is 0 Å². The van der Waals surface area contributed by atoms with Gasteiger partial charge in [-0.15, -0.1) is 0 Å². The summed E-state index contributed by atoms with van der Waals surface area (Å²) in [6.07, 6.45) is 0. The van der Waals surface area contributed by atoms with Crippen LogP contribution in [-0.4, -0.2) is 15.1 Å². The first-order valence-corrected chi connectivity index (χ1v) is 8.09. The van der Waals surface area contributed by atoms with Gasteiger partial charge >= 0.3 is 0 Å². The number of hydrogen-bond donors (Lipinski definition) is 2. The lowest BCUT2D eigenvalue weighted by atomic mass is 10.1. The standard InChI is InChI=1S/C21H17N3O/c1-14-6-4-7-15(12-14)20-23-19-11-3-2-10-18(19)21(24-20)22-16-8-5-9-17(25)13-16/h2-13,25H,1H3,(H,22,23,24). The van der Waals surface area contributed by atoms with E-state index in [1.807, 2.05) is 42.5 Å². The summed E-state index contributed by atoms with van der Waals surface area (Å²) in [4.78, 5) is 9.44. The SMILES string of the molecule is Cc1cccc(-c2nc(Nc3cccc(O)c3)c3ccccc3n2)c1. The molecule has 122 valence electrons. The Hall–Kier alpha value is -3.40. The minimum Gasteiger partial charge on any atom is -0.508 e. The summed E-state index contributed by atoms with van der Waals surface area (Å²) in [6.45, 7) is 2.05. The van der Waals surface area contributed by atoms with E-state index in [2.05, 4.69) is 24.4 Å². The molecule has 0 unspecified atom stereocenters. The Labute approximate surface area is 145 Å². The van der Waals surface area contributed by atoms with E-state index >= 15 is 0 Å². The molecule has 0 saturated heterocycles. The van der Waals surface area contributed by atoms with E-state index in [9.17, 15) is 5.11 Å². The first-order chi connectivity index (χ1) is 12.2. The van der Waals surface area contributed by atoms with Crippen LogP contribution in [0.3, 0.4) is 0 Å². The number of aromatic hydroxyl groups is 1. The van der Waals surface area contributed by atoms with E-state index in [-0.39, 0.29) is 5.75 Å². The number of aryl methyl sites for hydroxylation is 1. The van der Waals surface area contributed by atoms with Crippen molar-refractivity contribution in [3.05, 3.63) is 78.4 Å². The van der Waals surface area contributed by atoms with Crippen LogP contribution >= 0.6 is 0 Å². The summed E-state index contributed by atoms with van der Waals surface area (Å²) in [5.41, 5.74) is 3.79. The molecule has 4 heteroatoms. The Morgan fingerprint density at radius 3 is 2.52 bits per heavy atom. The van der Waals surface area contributed by atoms with Gasteiger partial charge in [0.1, 0.15) is 11.6 Å². The van der Waals surface area contributed by atoms with Crippen molar-refractivity contribution in [1.29, 1.82) is 0 Å². The number of anilines is 2. The molecule has 3 aromatic carbocycles. The molecule has 25 heavy (non-hydrogen) atoms. The van der Waals surface area contributed by atoms with Crippen molar-refractivity contribution in [2.45, 2.75) is 6.92 Å². The fourth-order valence-electron chi connectivity index (χ4n) is 2.81. The molecule has 0 radical (unpaired) electrons. The molecule has 2 N–H and O–H groups in total. The maximum Gasteiger partial charge on any atom is 0.162 e. The number of nitrogens with one attached hydrogen (secondary N) is 1. The molecule has 1 heterocycles. The topological polar surface area (TPSA) is 58.0 Å². The largest absolute Gasteiger partial charge is 0.508 e. The first-order valence-electron chi connectivity index (χ1n) is 8.09. The van der Waals surface area contributed by atoms with Gasteiger partial charge in [0.15, 0.2) is 5.82 Å². The van der Waals surface area contributed by atoms with Gasteiger partial charge in [0.25, 0.3) is 0 Å². The van der Waals surface area contributed by atoms with Crippen molar-refractivity contribution in [1.82, 2.24) is 9.97 Å². The zero-order valence-corrected chi connectivity index (χ0v) is 13.8. The third-order valence-electron chi connectivity index (χ3n) is 3.99. The molecule has 1 aromatic heterocycles. The molecule has 0 aliphatic carbocycles. The molecule has 0 aliphatic heterocycles. The highest BCUT2D eigenvalue weighted by atomic mass is 16.3. The second kappa shape index (κ2) is 6.24. The van der Waals surface area contributed by atoms with Gasteiger partial charge in [-0.2, -0.15) is 0 Å². The lowest BCUT2D eigenvalue weighted by Crippen LogP contribution is -1.99. The number of benzene rings is 3. The lowest BCUT2D eigenvalue weighted by molar-refractivity contribution is 0.475. The van der Waals surface area contributed by atoms with Crippen LogP contribution in [0.2, 0.25) is 0 Å². The van der Waals surface area contributed by atoms with Gasteiger partial charge in [0.2, 0.25) is 0 Å². The normalized spacial score (nSPS) is 10.8. The third-order valence-corrected chi connectivity index (χ3v) is 3.99. The van der Waals surface area contributed by atoms with Crippen LogP contribution in [0.1, 0.15) is 5.56 Å². The molecule has 0 aliphatic rings. The zero-order valence-electron chi connectivity index (χ0n) is 13.8. The van der Waals surface area contributed by atoms with E-state index in [1.54, 1.807) is 18.2 Å². The average Bonchev–Trinajstić information content (AvgIpc) is 2.62. The fourth-order valence-corrected chi connectivity index (χ4v) is 2.81. The van der Waals surface area contributed by atoms with Gasteiger partial charge in [-0.05, 0) is 37.3 Å². The van der Waals surface area contributed by atoms with E-state index < -0.39 is 0 Å². The quantitative estimate of drug-likeness (QED) is 0.552. The highest BCUT2D eigenvalue weighted by Gasteiger charge is 2.10. The van der Waals surface area contributed by atoms with Gasteiger partial charge < -0.3 is 10.4 Å². The summed E-state index contributed by atoms with van der Waals surface area (Å²) in [5.74, 6) is 1.60. The summed E-state index contributed by atoms with van der Waals surface area (Å²) in [7, 11) is 0. The Morgan fingerprint density at radius 1 is 0.840 bits per heavy atom. The maximum absolute atomic E-state index is 9.69. The number of phenols is 1. The molecule has 0 atom stereocenters. The van der Waals surface area contributed by atoms with Crippen LogP contribution in [0.4, 0.5) is 11.5 Å². The summed E-state index contributed by atoms with van der Waals surface area (Å²) >= 11 is 0. The Kier molecular flexibility index (Phi) is 3.78. The van der Waals surface area contributed by atoms with Crippen LogP contribution in [0, 0.1) is 6.92 Å². The van der Waals surface area contributed by atoms with E-state index in [0.717, 1.165) is 27.7 Å². The Balaban J connectivity index is 1.87. The third kappa shape index (κ3) is 3.15. The molecule has 0 saturated carbocycles. The fraction of sp³-hybridized carbons (Fsp3) is 0.0476. The smallest absolute Gasteiger partial charge is 0.162 e. The van der Waals surface area contributed by atoms with Crippen LogP contribution < -0.4 is 5.32 Å². The van der Waals surface area contributed by atoms with E-state index in [4.69, 9.17) is 9.97 Å². The minimum absolute atomic E-state index is 0.210. The number of rotatable bonds is 3. The Morgan fingerprint density at radius 2 is 1.68 bits per heavy atom. The summed E-state index contributed by atoms with van der Waals surface area (Å²) in [5, 5.41) is 13.9. The van der Waals surface area contributed by atoms with E-state index in [0.29, 0.717) is 11.6 Å². The number of fused-ring (bicyclic) bond motifs is 1. The van der Waals surface area contributed by atoms with Crippen LogP contribution in [-0.2, 0) is 0 Å². The maximum atomic E-state index is 9.69. The molecule has 4 nitrogen and oxygen atoms in total. The van der Waals surface area contributed by atoms with Gasteiger partial charge in [0, 0.05) is 22.7 Å². The van der Waals surface area contributed by atoms with Crippen LogP contribution in [0.25, 0.3) is 22.3 Å². The van der Waals surface area contributed by atoms with Crippen molar-refractivity contribution < 1.29 is 5.11 Å². The average molecular weight is 327 g/mol. The number of nitrogens with zero attached hydrogens (tertiary/aromatic N) is 2. The van der Waals surface area contributed by atoms with Crippen molar-refractivity contribution in [2.75, 3.05) is 5.32 Å². The first kappa shape index (κ1) is 15.1. The van der Waals surface area contributed by atoms with Crippen molar-refractivity contribution >= 4 is 22.4 Å². The monoisotopic (exact) mass is 327 g/mol. The van der Waals surface area contributed by atoms with Gasteiger partial charge in [0.05, 0.1) is 5.52 Å². The van der Waals surface area contributed by atoms with Crippen molar-refractivity contribution in [3.8, 4) is 17.1 Å². The van der Waals surface area contributed by atoms with E-state index in [1.165, 1.54) is 0 Å². The van der Waals surface area contributed by atoms with Crippen LogP contribution in [0.5, 0.6) is 5.75 Å². The van der Waals surface area contributed by atoms with Crippen molar-refractivity contribution in [2.24, 2.45) is 0 Å². The number of para-hydroxylation sites is 1. The molecule has 0 amide bonds. The highest BCUT2D eigenvalue weighted by molar-refractivity contribution is 5.92. The predicted octanol–water partition coefficient (Wildman–Crippen LogP) is 5.05. The second-order valence-electron chi connectivity index (χ2n) is 5.96. The summed E-state index contributed by atoms with van der Waals surface area (Å²) in [6, 6.07) is 23.0. The molecule has 4 aromatic rings.